The summed E-state index contributed by atoms with van der Waals surface area (Å²) in [6.07, 6.45) is 2.33. The van der Waals surface area contributed by atoms with Crippen molar-refractivity contribution in [1.29, 1.82) is 0 Å². The Morgan fingerprint density at radius 1 is 0.447 bits per heavy atom. The average molecular weight is 1350 g/mol. The molecule has 0 amide bonds. The molecule has 0 aliphatic rings. The highest BCUT2D eigenvalue weighted by atomic mass is 16.6. The summed E-state index contributed by atoms with van der Waals surface area (Å²) in [4.78, 5) is 36.8. The first kappa shape index (κ1) is 92.2. The third kappa shape index (κ3) is 44.9. The van der Waals surface area contributed by atoms with Crippen molar-refractivity contribution in [3.63, 3.8) is 0 Å². The Kier molecular flexibility index (Phi) is 49.6. The van der Waals surface area contributed by atoms with Gasteiger partial charge in [-0.3, -0.25) is 9.78 Å². The summed E-state index contributed by atoms with van der Waals surface area (Å²) >= 11 is 0. The minimum Gasteiger partial charge on any atom is -0.394 e. The Morgan fingerprint density at radius 2 is 0.819 bits per heavy atom. The van der Waals surface area contributed by atoms with E-state index in [0.29, 0.717) is 50.7 Å². The third-order valence-electron chi connectivity index (χ3n) is 12.9. The van der Waals surface area contributed by atoms with Crippen LogP contribution in [0, 0.1) is 0 Å². The maximum atomic E-state index is 11.5. The Hall–Kier alpha value is -3.81. The molecule has 554 valence electrons. The van der Waals surface area contributed by atoms with Crippen molar-refractivity contribution in [3.8, 4) is 0 Å². The number of aromatic nitrogens is 6. The van der Waals surface area contributed by atoms with Gasteiger partial charge in [-0.2, -0.15) is 9.97 Å². The molecule has 0 aliphatic carbocycles. The molecule has 0 fully saturated rings. The van der Waals surface area contributed by atoms with Crippen molar-refractivity contribution >= 4 is 22.9 Å². The number of aromatic amines is 1. The highest BCUT2D eigenvalue weighted by molar-refractivity contribution is 5.81. The van der Waals surface area contributed by atoms with E-state index < -0.39 is 11.8 Å². The smallest absolute Gasteiger partial charge is 0.348 e. The number of nitrogens with two attached hydrogens (primary N) is 2. The highest BCUT2D eigenvalue weighted by Gasteiger charge is 2.30. The van der Waals surface area contributed by atoms with Crippen LogP contribution in [0.4, 0.5) is 11.8 Å². The summed E-state index contributed by atoms with van der Waals surface area (Å²) in [6, 6.07) is 1.38. The van der Waals surface area contributed by atoms with E-state index in [1.165, 1.54) is 6.07 Å². The van der Waals surface area contributed by atoms with Gasteiger partial charge in [0.05, 0.1) is 181 Å². The molecule has 0 saturated carbocycles. The molecule has 0 bridgehead atoms. The molecule has 3 aromatic heterocycles. The summed E-state index contributed by atoms with van der Waals surface area (Å²) < 4.78 is 77.8. The van der Waals surface area contributed by atoms with Crippen molar-refractivity contribution in [2.24, 2.45) is 0 Å². The van der Waals surface area contributed by atoms with Crippen molar-refractivity contribution < 1.29 is 76.9 Å². The predicted octanol–water partition coefficient (Wildman–Crippen LogP) is 8.71. The van der Waals surface area contributed by atoms with E-state index in [1.807, 2.05) is 187 Å². The molecule has 26 heteroatoms. The molecule has 3 aromatic rings. The molecular weight excluding hydrogens is 1220 g/mol. The van der Waals surface area contributed by atoms with Crippen molar-refractivity contribution in [2.45, 2.75) is 347 Å². The number of H-pyrrole nitrogens is 1. The fraction of sp³-hybridized carbons (Fsp3) is 0.868. The zero-order valence-electron chi connectivity index (χ0n) is 63.0. The average Bonchev–Trinajstić information content (AvgIpc) is 1.65. The molecule has 12 atom stereocenters. The van der Waals surface area contributed by atoms with Crippen LogP contribution in [-0.4, -0.2) is 224 Å². The van der Waals surface area contributed by atoms with Crippen LogP contribution in [0.15, 0.2) is 28.2 Å². The summed E-state index contributed by atoms with van der Waals surface area (Å²) in [6.45, 7) is 57.7. The third-order valence-corrected chi connectivity index (χ3v) is 12.9. The summed E-state index contributed by atoms with van der Waals surface area (Å²) in [7, 11) is 0. The van der Waals surface area contributed by atoms with Gasteiger partial charge in [-0.15, -0.1) is 0 Å². The number of rotatable bonds is 41. The van der Waals surface area contributed by atoms with Crippen LogP contribution in [0.5, 0.6) is 0 Å². The van der Waals surface area contributed by atoms with Gasteiger partial charge in [0.1, 0.15) is 29.6 Å². The summed E-state index contributed by atoms with van der Waals surface area (Å²) in [5.41, 5.74) is 11.6. The van der Waals surface area contributed by atoms with E-state index in [0.717, 1.165) is 0 Å². The van der Waals surface area contributed by atoms with E-state index >= 15 is 0 Å². The number of anilines is 2. The fourth-order valence-corrected chi connectivity index (χ4v) is 8.63. The Balaban J connectivity index is 0. The molecule has 7 unspecified atom stereocenters. The molecule has 94 heavy (non-hydrogen) atoms. The van der Waals surface area contributed by atoms with Crippen molar-refractivity contribution in [2.75, 3.05) is 51.1 Å². The normalized spacial score (nSPS) is 16.2. The number of aliphatic hydroxyl groups is 3. The number of ether oxygens (including phenoxy) is 13. The lowest BCUT2D eigenvalue weighted by Gasteiger charge is -2.33. The van der Waals surface area contributed by atoms with E-state index in [9.17, 15) is 14.7 Å². The summed E-state index contributed by atoms with van der Waals surface area (Å²) in [5.74, 6) is 0.405. The van der Waals surface area contributed by atoms with Gasteiger partial charge in [0.2, 0.25) is 5.95 Å². The molecule has 0 aliphatic heterocycles. The van der Waals surface area contributed by atoms with Crippen molar-refractivity contribution in [1.82, 2.24) is 29.1 Å². The second-order valence-electron chi connectivity index (χ2n) is 26.4. The van der Waals surface area contributed by atoms with Gasteiger partial charge < -0.3 is 97.5 Å². The van der Waals surface area contributed by atoms with Crippen LogP contribution < -0.4 is 22.7 Å². The summed E-state index contributed by atoms with van der Waals surface area (Å²) in [5, 5.41) is 27.6. The van der Waals surface area contributed by atoms with Crippen LogP contribution in [0.25, 0.3) is 11.2 Å². The Morgan fingerprint density at radius 3 is 1.19 bits per heavy atom. The lowest BCUT2D eigenvalue weighted by Crippen LogP contribution is -2.44. The van der Waals surface area contributed by atoms with E-state index in [2.05, 4.69) is 19.9 Å². The van der Waals surface area contributed by atoms with Crippen molar-refractivity contribution in [3.05, 3.63) is 39.4 Å². The molecule has 0 saturated heterocycles. The van der Waals surface area contributed by atoms with Crippen LogP contribution in [0.1, 0.15) is 194 Å². The van der Waals surface area contributed by atoms with E-state index in [-0.39, 0.29) is 165 Å². The Labute approximate surface area is 564 Å². The van der Waals surface area contributed by atoms with Gasteiger partial charge in [0.15, 0.2) is 5.65 Å². The predicted molar refractivity (Wildman–Crippen MR) is 371 cm³/mol. The Bertz CT molecular complexity index is 2420. The van der Waals surface area contributed by atoms with Gasteiger partial charge in [-0.25, -0.2) is 9.78 Å². The number of hydrogen-bond donors (Lipinski definition) is 6. The minimum atomic E-state index is -0.502. The first-order valence-corrected chi connectivity index (χ1v) is 33.9. The lowest BCUT2D eigenvalue weighted by molar-refractivity contribution is -0.170. The SMILES string of the molecule is CC(C)OC(C)C(O[C@@H](C)CO)C(C)OC(C)C.CC(C)OCC(Cn1ccc(=O)nc1N)OC(C)C.CC(C)OCC(Cn1cnc2c(N)[nH]c(=O)nc21)OC(C)C.CC(C)OC[C@H](O[C@@H](C)C(C)O)C(C)OC(C)C.CC(C)OC[C@H](O[C@@H](C)CO)C(C)OC(C)C. The molecule has 0 spiro atoms. The molecule has 8 N–H and O–H groups in total. The number of aliphatic hydroxyl groups excluding tert-OH is 3. The maximum absolute atomic E-state index is 11.5. The number of nitrogens with zero attached hydrogens (tertiary/aromatic N) is 5. The van der Waals surface area contributed by atoms with Gasteiger partial charge in [0.25, 0.3) is 5.56 Å². The van der Waals surface area contributed by atoms with Crippen LogP contribution in [0.2, 0.25) is 0 Å². The largest absolute Gasteiger partial charge is 0.394 e. The number of imidazole rings is 1. The quantitative estimate of drug-likeness (QED) is 0.0309. The molecule has 3 rings (SSSR count). The minimum absolute atomic E-state index is 0.000697. The monoisotopic (exact) mass is 1350 g/mol. The topological polar surface area (TPSA) is 331 Å². The fourth-order valence-electron chi connectivity index (χ4n) is 8.63. The van der Waals surface area contributed by atoms with Gasteiger partial charge >= 0.3 is 5.69 Å². The zero-order valence-corrected chi connectivity index (χ0v) is 63.0. The van der Waals surface area contributed by atoms with Crippen LogP contribution in [-0.2, 0) is 74.7 Å². The second-order valence-corrected chi connectivity index (χ2v) is 26.4. The molecular formula is C68H134N8O18. The lowest BCUT2D eigenvalue weighted by atomic mass is 10.1. The number of hydrogen-bond acceptors (Lipinski definition) is 23. The zero-order chi connectivity index (χ0) is 72.7. The number of nitrogens with one attached hydrogen (secondary N) is 1. The first-order chi connectivity index (χ1) is 43.6. The van der Waals surface area contributed by atoms with Crippen LogP contribution in [0.3, 0.4) is 0 Å². The number of fused-ring (bicyclic) bond motifs is 1. The molecule has 3 heterocycles. The highest BCUT2D eigenvalue weighted by Crippen LogP contribution is 2.19. The van der Waals surface area contributed by atoms with Crippen LogP contribution >= 0.6 is 0 Å². The van der Waals surface area contributed by atoms with Gasteiger partial charge in [0, 0.05) is 12.3 Å². The molecule has 26 nitrogen and oxygen atoms in total. The maximum Gasteiger partial charge on any atom is 0.348 e. The first-order valence-electron chi connectivity index (χ1n) is 33.9. The molecule has 0 radical (unpaired) electrons. The van der Waals surface area contributed by atoms with Gasteiger partial charge in [-0.05, 0) is 194 Å². The number of nitrogen functional groups attached to an aromatic ring is 2. The van der Waals surface area contributed by atoms with E-state index in [1.54, 1.807) is 28.6 Å². The van der Waals surface area contributed by atoms with Gasteiger partial charge in [-0.1, -0.05) is 0 Å². The second kappa shape index (κ2) is 50.5. The standard InChI is InChI=1S/C14H23N5O3.2C14H30O4.C13H23N3O3.C13H28O4/c1-8(2)21-6-10(22-9(3)4)5-19-7-16-11-12(15)17-14(20)18-13(11)19;1-9(2)16-8-14(13(7)17-10(3)4)18-12(6)11(5)15;1-9(2)16-12(6)14(18-11(5)8-15)13(7)17-10(3)4;1-9(2)18-8-11(19-10(3)4)7-16-6-5-12(17)15-13(16)14;1-9(2)15-8-13(17-11(5)7-14)12(6)16-10(3)4/h7-10H,5-6H2,1-4H3,(H3,15,17,18,20);2*9-15H,8H2,1-7H3;5-6,9-11H,7-8H2,1-4H3,(H2,14,15,17);9-14H,7-8H2,1-6H3/t;11?,12-,13?,14-;11-,12?,13?,14?;;11-,12?,13-/m.00.0/s1. The van der Waals surface area contributed by atoms with E-state index in [4.69, 9.17) is 83.3 Å². The molecule has 0 aromatic carbocycles.